The van der Waals surface area contributed by atoms with E-state index in [0.717, 1.165) is 19.7 Å². The Labute approximate surface area is 113 Å². The van der Waals surface area contributed by atoms with Crippen LogP contribution in [0.1, 0.15) is 27.2 Å². The van der Waals surface area contributed by atoms with Crippen LogP contribution in [0.15, 0.2) is 0 Å². The van der Waals surface area contributed by atoms with Crippen LogP contribution >= 0.6 is 0 Å². The van der Waals surface area contributed by atoms with Crippen molar-refractivity contribution in [3.05, 3.63) is 0 Å². The lowest BCUT2D eigenvalue weighted by atomic mass is 10.1. The number of ether oxygens (including phenoxy) is 1. The molecule has 0 aromatic heterocycles. The third kappa shape index (κ3) is 5.22. The molecule has 4 nitrogen and oxygen atoms in total. The Morgan fingerprint density at radius 1 is 1.39 bits per heavy atom. The van der Waals surface area contributed by atoms with Gasteiger partial charge in [0.1, 0.15) is 0 Å². The van der Waals surface area contributed by atoms with Gasteiger partial charge in [-0.3, -0.25) is 4.90 Å². The topological polar surface area (TPSA) is 27.7 Å². The van der Waals surface area contributed by atoms with Gasteiger partial charge in [-0.2, -0.15) is 0 Å². The van der Waals surface area contributed by atoms with Crippen molar-refractivity contribution in [3.8, 4) is 0 Å². The van der Waals surface area contributed by atoms with Gasteiger partial charge in [-0.05, 0) is 41.3 Å². The van der Waals surface area contributed by atoms with Crippen molar-refractivity contribution >= 4 is 0 Å². The summed E-state index contributed by atoms with van der Waals surface area (Å²) in [5.41, 5.74) is 0.173. The molecular weight excluding hydrogens is 226 g/mol. The third-order valence-electron chi connectivity index (χ3n) is 3.67. The first-order valence-electron chi connectivity index (χ1n) is 6.98. The molecule has 0 aliphatic carbocycles. The summed E-state index contributed by atoms with van der Waals surface area (Å²) in [6.45, 7) is 10.8. The summed E-state index contributed by atoms with van der Waals surface area (Å²) >= 11 is 0. The maximum atomic E-state index is 5.38. The van der Waals surface area contributed by atoms with Crippen LogP contribution in [0.2, 0.25) is 0 Å². The van der Waals surface area contributed by atoms with Gasteiger partial charge >= 0.3 is 0 Å². The molecule has 0 aromatic rings. The van der Waals surface area contributed by atoms with Crippen LogP contribution in [-0.2, 0) is 4.74 Å². The van der Waals surface area contributed by atoms with Gasteiger partial charge in [0.2, 0.25) is 0 Å². The maximum Gasteiger partial charge on any atom is 0.0630 e. The van der Waals surface area contributed by atoms with E-state index in [2.05, 4.69) is 50.0 Å². The summed E-state index contributed by atoms with van der Waals surface area (Å²) in [6.07, 6.45) is 1.27. The fourth-order valence-electron chi connectivity index (χ4n) is 2.43. The zero-order valence-corrected chi connectivity index (χ0v) is 13.0. The second-order valence-corrected chi connectivity index (χ2v) is 6.64. The summed E-state index contributed by atoms with van der Waals surface area (Å²) in [7, 11) is 6.14. The number of rotatable bonds is 6. The number of hydrogen-bond acceptors (Lipinski definition) is 4. The van der Waals surface area contributed by atoms with Gasteiger partial charge in [0, 0.05) is 44.4 Å². The molecule has 0 aromatic carbocycles. The van der Waals surface area contributed by atoms with Crippen LogP contribution in [0.5, 0.6) is 0 Å². The maximum absolute atomic E-state index is 5.38. The van der Waals surface area contributed by atoms with Gasteiger partial charge in [0.05, 0.1) is 6.61 Å². The van der Waals surface area contributed by atoms with Crippen LogP contribution in [0.4, 0.5) is 0 Å². The predicted octanol–water partition coefficient (Wildman–Crippen LogP) is 1.03. The quantitative estimate of drug-likeness (QED) is 0.769. The summed E-state index contributed by atoms with van der Waals surface area (Å²) in [4.78, 5) is 4.90. The largest absolute Gasteiger partial charge is 0.383 e. The third-order valence-corrected chi connectivity index (χ3v) is 3.67. The molecule has 18 heavy (non-hydrogen) atoms. The standard InChI is InChI=1S/C14H31N3O/c1-14(2,3)15-9-13(11-18-6)17-8-7-12(10-17)16(4)5/h12-13,15H,7-11H2,1-6H3. The first kappa shape index (κ1) is 15.9. The lowest BCUT2D eigenvalue weighted by Gasteiger charge is -2.31. The molecule has 1 heterocycles. The van der Waals surface area contributed by atoms with E-state index in [1.54, 1.807) is 7.11 Å². The van der Waals surface area contributed by atoms with Crippen molar-refractivity contribution in [2.75, 3.05) is 47.4 Å². The molecule has 1 aliphatic rings. The summed E-state index contributed by atoms with van der Waals surface area (Å²) in [5.74, 6) is 0. The Balaban J connectivity index is 2.47. The Kier molecular flexibility index (Phi) is 6.05. The molecule has 1 aliphatic heterocycles. The molecule has 108 valence electrons. The first-order chi connectivity index (χ1) is 8.33. The summed E-state index contributed by atoms with van der Waals surface area (Å²) < 4.78 is 5.38. The van der Waals surface area contributed by atoms with Crippen molar-refractivity contribution in [1.29, 1.82) is 0 Å². The minimum atomic E-state index is 0.173. The van der Waals surface area contributed by atoms with Crippen LogP contribution in [0.25, 0.3) is 0 Å². The highest BCUT2D eigenvalue weighted by molar-refractivity contribution is 4.87. The van der Waals surface area contributed by atoms with Gasteiger partial charge in [-0.15, -0.1) is 0 Å². The first-order valence-corrected chi connectivity index (χ1v) is 6.98. The fraction of sp³-hybridized carbons (Fsp3) is 1.00. The molecule has 0 radical (unpaired) electrons. The second kappa shape index (κ2) is 6.85. The van der Waals surface area contributed by atoms with E-state index in [4.69, 9.17) is 4.74 Å². The van der Waals surface area contributed by atoms with Gasteiger partial charge in [-0.25, -0.2) is 0 Å². The predicted molar refractivity (Wildman–Crippen MR) is 77.1 cm³/mol. The van der Waals surface area contributed by atoms with E-state index in [0.29, 0.717) is 12.1 Å². The normalized spacial score (nSPS) is 23.8. The van der Waals surface area contributed by atoms with Crippen LogP contribution in [0, 0.1) is 0 Å². The number of hydrogen-bond donors (Lipinski definition) is 1. The molecule has 2 unspecified atom stereocenters. The fourth-order valence-corrected chi connectivity index (χ4v) is 2.43. The molecule has 1 fully saturated rings. The Morgan fingerprint density at radius 2 is 2.06 bits per heavy atom. The number of likely N-dealkylation sites (N-methyl/N-ethyl adjacent to an activating group) is 1. The molecule has 1 saturated heterocycles. The molecule has 0 spiro atoms. The van der Waals surface area contributed by atoms with E-state index in [-0.39, 0.29) is 5.54 Å². The van der Waals surface area contributed by atoms with Gasteiger partial charge in [-0.1, -0.05) is 0 Å². The highest BCUT2D eigenvalue weighted by atomic mass is 16.5. The highest BCUT2D eigenvalue weighted by Crippen LogP contribution is 2.16. The second-order valence-electron chi connectivity index (χ2n) is 6.64. The van der Waals surface area contributed by atoms with Crippen molar-refractivity contribution in [3.63, 3.8) is 0 Å². The Hall–Kier alpha value is -0.160. The van der Waals surface area contributed by atoms with Gasteiger partial charge in [0.15, 0.2) is 0 Å². The molecular formula is C14H31N3O. The molecule has 0 amide bonds. The van der Waals surface area contributed by atoms with E-state index in [1.165, 1.54) is 13.0 Å². The van der Waals surface area contributed by atoms with Crippen LogP contribution < -0.4 is 5.32 Å². The molecule has 4 heteroatoms. The lowest BCUT2D eigenvalue weighted by Crippen LogP contribution is -2.49. The van der Waals surface area contributed by atoms with E-state index >= 15 is 0 Å². The van der Waals surface area contributed by atoms with E-state index in [9.17, 15) is 0 Å². The number of nitrogens with one attached hydrogen (secondary N) is 1. The molecule has 0 saturated carbocycles. The lowest BCUT2D eigenvalue weighted by molar-refractivity contribution is 0.0958. The average Bonchev–Trinajstić information content (AvgIpc) is 2.72. The van der Waals surface area contributed by atoms with E-state index < -0.39 is 0 Å². The minimum absolute atomic E-state index is 0.173. The molecule has 2 atom stereocenters. The van der Waals surface area contributed by atoms with E-state index in [1.807, 2.05) is 0 Å². The van der Waals surface area contributed by atoms with Crippen molar-refractivity contribution in [1.82, 2.24) is 15.1 Å². The van der Waals surface area contributed by atoms with Crippen LogP contribution in [0.3, 0.4) is 0 Å². The number of methoxy groups -OCH3 is 1. The zero-order valence-electron chi connectivity index (χ0n) is 13.0. The zero-order chi connectivity index (χ0) is 13.8. The Morgan fingerprint density at radius 3 is 2.50 bits per heavy atom. The summed E-state index contributed by atoms with van der Waals surface area (Å²) in [5, 5.41) is 3.59. The Bertz CT molecular complexity index is 238. The molecule has 1 rings (SSSR count). The van der Waals surface area contributed by atoms with Gasteiger partial charge < -0.3 is 15.0 Å². The monoisotopic (exact) mass is 257 g/mol. The van der Waals surface area contributed by atoms with Crippen molar-refractivity contribution in [2.24, 2.45) is 0 Å². The SMILES string of the molecule is COCC(CNC(C)(C)C)N1CCC(N(C)C)C1. The van der Waals surface area contributed by atoms with Gasteiger partial charge in [0.25, 0.3) is 0 Å². The van der Waals surface area contributed by atoms with Crippen molar-refractivity contribution in [2.45, 2.75) is 44.8 Å². The molecule has 0 bridgehead atoms. The highest BCUT2D eigenvalue weighted by Gasteiger charge is 2.29. The number of nitrogens with zero attached hydrogens (tertiary/aromatic N) is 2. The molecule has 1 N–H and O–H groups in total. The smallest absolute Gasteiger partial charge is 0.0630 e. The minimum Gasteiger partial charge on any atom is -0.383 e. The summed E-state index contributed by atoms with van der Waals surface area (Å²) in [6, 6.07) is 1.18. The number of likely N-dealkylation sites (tertiary alicyclic amines) is 1. The van der Waals surface area contributed by atoms with Crippen LogP contribution in [-0.4, -0.2) is 74.9 Å². The van der Waals surface area contributed by atoms with Crippen molar-refractivity contribution < 1.29 is 4.74 Å². The average molecular weight is 257 g/mol.